The second-order valence-electron chi connectivity index (χ2n) is 4.30. The van der Waals surface area contributed by atoms with Crippen LogP contribution in [0.5, 0.6) is 0 Å². The Morgan fingerprint density at radius 3 is 3.06 bits per heavy atom. The lowest BCUT2D eigenvalue weighted by Gasteiger charge is -2.35. The fraction of sp³-hybridized carbons (Fsp3) is 0.700. The van der Waals surface area contributed by atoms with Gasteiger partial charge < -0.3 is 10.6 Å². The number of carbonyl (C=O) groups excluding carboxylic acids is 1. The van der Waals surface area contributed by atoms with Crippen LogP contribution < -0.4 is 10.6 Å². The number of aromatic nitrogens is 2. The van der Waals surface area contributed by atoms with Gasteiger partial charge >= 0.3 is 0 Å². The first-order valence-electron chi connectivity index (χ1n) is 5.50. The molecule has 0 bridgehead atoms. The van der Waals surface area contributed by atoms with Crippen LogP contribution in [-0.4, -0.2) is 33.3 Å². The number of amides is 1. The Kier molecular flexibility index (Phi) is 3.50. The van der Waals surface area contributed by atoms with Crippen LogP contribution in [0, 0.1) is 5.92 Å². The zero-order valence-electron chi connectivity index (χ0n) is 9.43. The van der Waals surface area contributed by atoms with Crippen LogP contribution in [0.25, 0.3) is 0 Å². The number of hydrogen-bond donors (Lipinski definition) is 2. The van der Waals surface area contributed by atoms with Crippen LogP contribution in [0.3, 0.4) is 0 Å². The van der Waals surface area contributed by atoms with Crippen molar-refractivity contribution >= 4 is 17.6 Å². The van der Waals surface area contributed by atoms with Crippen LogP contribution in [0.15, 0.2) is 6.20 Å². The van der Waals surface area contributed by atoms with Gasteiger partial charge in [0.1, 0.15) is 0 Å². The molecule has 1 amide bonds. The first-order chi connectivity index (χ1) is 7.68. The fourth-order valence-corrected chi connectivity index (χ4v) is 2.51. The predicted octanol–water partition coefficient (Wildman–Crippen LogP) is 0.654. The quantitative estimate of drug-likeness (QED) is 0.796. The molecule has 0 spiro atoms. The highest BCUT2D eigenvalue weighted by molar-refractivity contribution is 6.99. The molecule has 1 aliphatic rings. The smallest absolute Gasteiger partial charge is 0.272 e. The van der Waals surface area contributed by atoms with Crippen LogP contribution in [-0.2, 0) is 0 Å². The highest BCUT2D eigenvalue weighted by atomic mass is 32.1. The van der Waals surface area contributed by atoms with Crippen molar-refractivity contribution in [1.82, 2.24) is 19.4 Å². The number of hydrogen-bond acceptors (Lipinski definition) is 5. The summed E-state index contributed by atoms with van der Waals surface area (Å²) >= 11 is 1.06. The lowest BCUT2D eigenvalue weighted by molar-refractivity contribution is 0.0893. The molecule has 2 N–H and O–H groups in total. The molecule has 1 aromatic rings. The number of piperidine rings is 1. The second-order valence-corrected chi connectivity index (χ2v) is 4.86. The van der Waals surface area contributed by atoms with Gasteiger partial charge in [0.25, 0.3) is 5.91 Å². The van der Waals surface area contributed by atoms with Gasteiger partial charge in [0.2, 0.25) is 0 Å². The van der Waals surface area contributed by atoms with E-state index in [1.54, 1.807) is 0 Å². The van der Waals surface area contributed by atoms with E-state index < -0.39 is 0 Å². The third-order valence-electron chi connectivity index (χ3n) is 3.11. The highest BCUT2D eigenvalue weighted by Crippen LogP contribution is 2.16. The molecular formula is C10H16N4OS. The lowest BCUT2D eigenvalue weighted by atomic mass is 9.89. The maximum Gasteiger partial charge on any atom is 0.272 e. The summed E-state index contributed by atoms with van der Waals surface area (Å²) in [6, 6.07) is 0.474. The number of nitrogens with one attached hydrogen (secondary N) is 2. The standard InChI is InChI=1S/C10H16N4OS/c1-6-3-4-11-7(2)9(6)13-10(15)8-5-12-16-14-8/h5-7,9,11H,3-4H2,1-2H3,(H,13,15). The van der Waals surface area contributed by atoms with E-state index in [1.165, 1.54) is 6.20 Å². The molecule has 16 heavy (non-hydrogen) atoms. The Bertz CT molecular complexity index is 344. The Morgan fingerprint density at radius 2 is 2.44 bits per heavy atom. The summed E-state index contributed by atoms with van der Waals surface area (Å²) in [6.45, 7) is 5.29. The molecule has 3 unspecified atom stereocenters. The molecule has 2 rings (SSSR count). The summed E-state index contributed by atoms with van der Waals surface area (Å²) in [5.41, 5.74) is 0.412. The van der Waals surface area contributed by atoms with Crippen molar-refractivity contribution in [3.63, 3.8) is 0 Å². The van der Waals surface area contributed by atoms with Gasteiger partial charge in [0.15, 0.2) is 5.69 Å². The molecule has 3 atom stereocenters. The van der Waals surface area contributed by atoms with E-state index in [1.807, 2.05) is 0 Å². The van der Waals surface area contributed by atoms with Crippen molar-refractivity contribution in [2.75, 3.05) is 6.54 Å². The van der Waals surface area contributed by atoms with Crippen molar-refractivity contribution in [3.8, 4) is 0 Å². The van der Waals surface area contributed by atoms with Crippen molar-refractivity contribution in [2.24, 2.45) is 5.92 Å². The summed E-state index contributed by atoms with van der Waals surface area (Å²) in [4.78, 5) is 11.8. The molecule has 5 nitrogen and oxygen atoms in total. The normalized spacial score (nSPS) is 30.0. The molecule has 0 radical (unpaired) electrons. The number of rotatable bonds is 2. The largest absolute Gasteiger partial charge is 0.346 e. The molecule has 1 fully saturated rings. The van der Waals surface area contributed by atoms with Gasteiger partial charge in [0.05, 0.1) is 17.9 Å². The van der Waals surface area contributed by atoms with Gasteiger partial charge in [-0.05, 0) is 25.8 Å². The molecule has 0 aromatic carbocycles. The van der Waals surface area contributed by atoms with Gasteiger partial charge in [-0.1, -0.05) is 6.92 Å². The van der Waals surface area contributed by atoms with Gasteiger partial charge in [-0.3, -0.25) is 4.79 Å². The van der Waals surface area contributed by atoms with E-state index in [-0.39, 0.29) is 11.9 Å². The first kappa shape index (κ1) is 11.5. The van der Waals surface area contributed by atoms with Crippen LogP contribution >= 0.6 is 11.7 Å². The summed E-state index contributed by atoms with van der Waals surface area (Å²) in [6.07, 6.45) is 2.59. The number of carbonyl (C=O) groups is 1. The Labute approximate surface area is 99.0 Å². The molecule has 0 aliphatic carbocycles. The van der Waals surface area contributed by atoms with E-state index >= 15 is 0 Å². The Morgan fingerprint density at radius 1 is 1.62 bits per heavy atom. The molecule has 1 aliphatic heterocycles. The SMILES string of the molecule is CC1CCNC(C)C1NC(=O)c1cnsn1. The molecule has 6 heteroatoms. The first-order valence-corrected chi connectivity index (χ1v) is 6.23. The van der Waals surface area contributed by atoms with E-state index in [4.69, 9.17) is 0 Å². The summed E-state index contributed by atoms with van der Waals surface area (Å²) in [5, 5.41) is 6.39. The average molecular weight is 240 g/mol. The molecule has 1 saturated heterocycles. The van der Waals surface area contributed by atoms with E-state index in [0.29, 0.717) is 17.7 Å². The maximum absolute atomic E-state index is 11.8. The number of nitrogens with zero attached hydrogens (tertiary/aromatic N) is 2. The fourth-order valence-electron chi connectivity index (χ4n) is 2.10. The van der Waals surface area contributed by atoms with Gasteiger partial charge in [-0.15, -0.1) is 0 Å². The second kappa shape index (κ2) is 4.88. The van der Waals surface area contributed by atoms with Gasteiger partial charge in [-0.25, -0.2) is 0 Å². The summed E-state index contributed by atoms with van der Waals surface area (Å²) < 4.78 is 7.76. The molecule has 1 aromatic heterocycles. The predicted molar refractivity (Wildman–Crippen MR) is 62.4 cm³/mol. The monoisotopic (exact) mass is 240 g/mol. The zero-order valence-corrected chi connectivity index (χ0v) is 10.3. The van der Waals surface area contributed by atoms with Crippen molar-refractivity contribution in [3.05, 3.63) is 11.9 Å². The third kappa shape index (κ3) is 2.38. The molecule has 0 saturated carbocycles. The van der Waals surface area contributed by atoms with E-state index in [9.17, 15) is 4.79 Å². The van der Waals surface area contributed by atoms with Gasteiger partial charge in [0, 0.05) is 12.1 Å². The molecular weight excluding hydrogens is 224 g/mol. The minimum absolute atomic E-state index is 0.124. The zero-order chi connectivity index (χ0) is 11.5. The minimum atomic E-state index is -0.124. The van der Waals surface area contributed by atoms with Crippen LogP contribution in [0.2, 0.25) is 0 Å². The maximum atomic E-state index is 11.8. The Hall–Kier alpha value is -1.01. The molecule has 2 heterocycles. The molecule has 88 valence electrons. The minimum Gasteiger partial charge on any atom is -0.346 e. The summed E-state index contributed by atoms with van der Waals surface area (Å²) in [7, 11) is 0. The van der Waals surface area contributed by atoms with Crippen molar-refractivity contribution < 1.29 is 4.79 Å². The van der Waals surface area contributed by atoms with E-state index in [2.05, 4.69) is 33.2 Å². The Balaban J connectivity index is 2.00. The average Bonchev–Trinajstić information content (AvgIpc) is 2.76. The van der Waals surface area contributed by atoms with Gasteiger partial charge in [-0.2, -0.15) is 8.75 Å². The van der Waals surface area contributed by atoms with Crippen LogP contribution in [0.4, 0.5) is 0 Å². The van der Waals surface area contributed by atoms with Crippen LogP contribution in [0.1, 0.15) is 30.8 Å². The summed E-state index contributed by atoms with van der Waals surface area (Å²) in [5.74, 6) is 0.368. The topological polar surface area (TPSA) is 66.9 Å². The third-order valence-corrected chi connectivity index (χ3v) is 3.59. The van der Waals surface area contributed by atoms with Crippen molar-refractivity contribution in [2.45, 2.75) is 32.4 Å². The lowest BCUT2D eigenvalue weighted by Crippen LogP contribution is -2.55. The van der Waals surface area contributed by atoms with E-state index in [0.717, 1.165) is 24.7 Å². The highest BCUT2D eigenvalue weighted by Gasteiger charge is 2.29. The van der Waals surface area contributed by atoms with Crippen molar-refractivity contribution in [1.29, 1.82) is 0 Å².